The van der Waals surface area contributed by atoms with Gasteiger partial charge in [-0.15, -0.1) is 0 Å². The zero-order chi connectivity index (χ0) is 29.5. The molecular weight excluding hydrogens is 504 g/mol. The van der Waals surface area contributed by atoms with Gasteiger partial charge in [0.25, 0.3) is 0 Å². The van der Waals surface area contributed by atoms with Crippen LogP contribution in [0.3, 0.4) is 0 Å². The van der Waals surface area contributed by atoms with Crippen LogP contribution >= 0.6 is 0 Å². The Morgan fingerprint density at radius 1 is 0.800 bits per heavy atom. The monoisotopic (exact) mass is 556 g/mol. The largest absolute Gasteiger partial charge is 0.481 e. The Bertz CT molecular complexity index is 1100. The molecule has 5 rings (SSSR count). The standard InChI is InChI=1S/C34H52O6/c1-20(2)23-11-16-34(29(37)38)18-17-32(7)24(28(23)34)9-10-26-30(5)14-13-27(40-22(4)36)31(6,19-39-21(3)35)25(30)12-15-33(26,32)8/h23-28H,1,9-19H2,2-8H3,(H,37,38)/t23-,24+,25+,26+,27-,28+,30-,31-,32+,33+,34-/m0/s1. The van der Waals surface area contributed by atoms with Gasteiger partial charge in [-0.05, 0) is 117 Å². The number of hydrogen-bond donors (Lipinski definition) is 1. The normalized spacial score (nSPS) is 49.5. The van der Waals surface area contributed by atoms with E-state index >= 15 is 0 Å². The summed E-state index contributed by atoms with van der Waals surface area (Å²) in [5.74, 6) is 0.436. The van der Waals surface area contributed by atoms with E-state index in [1.807, 2.05) is 0 Å². The van der Waals surface area contributed by atoms with Crippen molar-refractivity contribution in [2.24, 2.45) is 56.7 Å². The van der Waals surface area contributed by atoms with Crippen molar-refractivity contribution in [3.8, 4) is 0 Å². The van der Waals surface area contributed by atoms with Crippen LogP contribution in [-0.4, -0.2) is 35.7 Å². The second-order valence-corrected chi connectivity index (χ2v) is 15.6. The fourth-order valence-electron chi connectivity index (χ4n) is 12.2. The number of aliphatic carboxylic acids is 1. The molecule has 5 saturated carbocycles. The second-order valence-electron chi connectivity index (χ2n) is 15.6. The zero-order valence-corrected chi connectivity index (χ0v) is 25.9. The van der Waals surface area contributed by atoms with Crippen LogP contribution in [0, 0.1) is 56.7 Å². The van der Waals surface area contributed by atoms with Crippen LogP contribution in [-0.2, 0) is 23.9 Å². The molecule has 11 atom stereocenters. The van der Waals surface area contributed by atoms with Crippen LogP contribution in [0.25, 0.3) is 0 Å². The van der Waals surface area contributed by atoms with Gasteiger partial charge in [0.1, 0.15) is 12.7 Å². The molecular formula is C34H52O6. The number of hydrogen-bond acceptors (Lipinski definition) is 5. The zero-order valence-electron chi connectivity index (χ0n) is 25.9. The molecule has 224 valence electrons. The number of carbonyl (C=O) groups excluding carboxylic acids is 2. The number of carbonyl (C=O) groups is 3. The molecule has 1 N–H and O–H groups in total. The van der Waals surface area contributed by atoms with Crippen molar-refractivity contribution in [2.75, 3.05) is 6.61 Å². The molecule has 0 bridgehead atoms. The van der Waals surface area contributed by atoms with Gasteiger partial charge in [-0.2, -0.15) is 0 Å². The fourth-order valence-corrected chi connectivity index (χ4v) is 12.2. The third kappa shape index (κ3) is 3.89. The minimum Gasteiger partial charge on any atom is -0.481 e. The van der Waals surface area contributed by atoms with Gasteiger partial charge in [-0.3, -0.25) is 14.4 Å². The summed E-state index contributed by atoms with van der Waals surface area (Å²) < 4.78 is 11.6. The van der Waals surface area contributed by atoms with Gasteiger partial charge in [-0.25, -0.2) is 0 Å². The Balaban J connectivity index is 1.53. The van der Waals surface area contributed by atoms with E-state index < -0.39 is 16.8 Å². The molecule has 0 radical (unpaired) electrons. The molecule has 5 fully saturated rings. The maximum atomic E-state index is 12.9. The highest BCUT2D eigenvalue weighted by atomic mass is 16.6. The lowest BCUT2D eigenvalue weighted by Gasteiger charge is -2.72. The number of esters is 2. The SMILES string of the molecule is C=C(C)[C@@H]1CC[C@]2(C(=O)O)CC[C@]3(C)[C@H](CC[C@@H]4[C@@]5(C)CC[C@H](OC(C)=O)[C@@](C)(COC(C)=O)[C@@H]5CC[C@]43C)[C@@H]12. The number of carboxylic acid groups (broad SMARTS) is 1. The summed E-state index contributed by atoms with van der Waals surface area (Å²) in [4.78, 5) is 36.9. The van der Waals surface area contributed by atoms with Crippen LogP contribution < -0.4 is 0 Å². The van der Waals surface area contributed by atoms with Crippen molar-refractivity contribution in [1.29, 1.82) is 0 Å². The molecule has 0 aromatic carbocycles. The summed E-state index contributed by atoms with van der Waals surface area (Å²) >= 11 is 0. The first kappa shape index (κ1) is 29.6. The first-order valence-electron chi connectivity index (χ1n) is 15.8. The van der Waals surface area contributed by atoms with Crippen LogP contribution in [0.4, 0.5) is 0 Å². The number of allylic oxidation sites excluding steroid dienone is 1. The second kappa shape index (κ2) is 9.59. The van der Waals surface area contributed by atoms with Crippen molar-refractivity contribution in [3.63, 3.8) is 0 Å². The highest BCUT2D eigenvalue weighted by molar-refractivity contribution is 5.76. The van der Waals surface area contributed by atoms with Crippen molar-refractivity contribution in [2.45, 2.75) is 119 Å². The summed E-state index contributed by atoms with van der Waals surface area (Å²) in [5, 5.41) is 10.6. The molecule has 0 aromatic heterocycles. The van der Waals surface area contributed by atoms with E-state index in [4.69, 9.17) is 9.47 Å². The molecule has 0 aliphatic heterocycles. The minimum atomic E-state index is -0.608. The molecule has 40 heavy (non-hydrogen) atoms. The summed E-state index contributed by atoms with van der Waals surface area (Å²) in [6.45, 7) is 19.4. The third-order valence-corrected chi connectivity index (χ3v) is 14.1. The van der Waals surface area contributed by atoms with Crippen molar-refractivity contribution in [1.82, 2.24) is 0 Å². The van der Waals surface area contributed by atoms with Crippen LogP contribution in [0.2, 0.25) is 0 Å². The van der Waals surface area contributed by atoms with Gasteiger partial charge in [-0.1, -0.05) is 39.8 Å². The Morgan fingerprint density at radius 2 is 1.50 bits per heavy atom. The number of fused-ring (bicyclic) bond motifs is 7. The number of carboxylic acids is 1. The lowest BCUT2D eigenvalue weighted by Crippen LogP contribution is -2.68. The lowest BCUT2D eigenvalue weighted by atomic mass is 9.32. The van der Waals surface area contributed by atoms with E-state index in [0.717, 1.165) is 69.8 Å². The van der Waals surface area contributed by atoms with Crippen molar-refractivity contribution in [3.05, 3.63) is 12.2 Å². The maximum Gasteiger partial charge on any atom is 0.309 e. The maximum absolute atomic E-state index is 12.9. The van der Waals surface area contributed by atoms with Crippen LogP contribution in [0.15, 0.2) is 12.2 Å². The highest BCUT2D eigenvalue weighted by Gasteiger charge is 2.72. The third-order valence-electron chi connectivity index (χ3n) is 14.1. The Labute approximate surface area is 241 Å². The van der Waals surface area contributed by atoms with Gasteiger partial charge in [0.15, 0.2) is 0 Å². The average Bonchev–Trinajstić information content (AvgIpc) is 3.26. The summed E-state index contributed by atoms with van der Waals surface area (Å²) in [5.41, 5.74) is 0.283. The van der Waals surface area contributed by atoms with Gasteiger partial charge in [0.05, 0.1) is 5.41 Å². The highest BCUT2D eigenvalue weighted by Crippen LogP contribution is 2.77. The quantitative estimate of drug-likeness (QED) is 0.284. The first-order valence-corrected chi connectivity index (χ1v) is 15.8. The first-order chi connectivity index (χ1) is 18.6. The van der Waals surface area contributed by atoms with E-state index in [1.165, 1.54) is 13.8 Å². The molecule has 0 spiro atoms. The molecule has 6 heteroatoms. The molecule has 0 unspecified atom stereocenters. The Hall–Kier alpha value is -1.85. The van der Waals surface area contributed by atoms with Crippen molar-refractivity contribution >= 4 is 17.9 Å². The van der Waals surface area contributed by atoms with E-state index in [2.05, 4.69) is 41.2 Å². The Kier molecular flexibility index (Phi) is 7.11. The Morgan fingerprint density at radius 3 is 2.10 bits per heavy atom. The molecule has 0 aromatic rings. The molecule has 0 amide bonds. The summed E-state index contributed by atoms with van der Waals surface area (Å²) in [7, 11) is 0. The lowest BCUT2D eigenvalue weighted by molar-refractivity contribution is -0.257. The van der Waals surface area contributed by atoms with Gasteiger partial charge in [0.2, 0.25) is 0 Å². The topological polar surface area (TPSA) is 89.9 Å². The molecule has 0 saturated heterocycles. The van der Waals surface area contributed by atoms with Gasteiger partial charge in [0, 0.05) is 19.3 Å². The summed E-state index contributed by atoms with van der Waals surface area (Å²) in [6.07, 6.45) is 9.20. The predicted molar refractivity (Wildman–Crippen MR) is 153 cm³/mol. The smallest absolute Gasteiger partial charge is 0.309 e. The minimum absolute atomic E-state index is 0.0251. The van der Waals surface area contributed by atoms with Gasteiger partial charge >= 0.3 is 17.9 Å². The fraction of sp³-hybridized carbons (Fsp3) is 0.853. The van der Waals surface area contributed by atoms with E-state index in [9.17, 15) is 19.5 Å². The van der Waals surface area contributed by atoms with E-state index in [-0.39, 0.29) is 52.7 Å². The predicted octanol–water partition coefficient (Wildman–Crippen LogP) is 7.20. The number of ether oxygens (including phenoxy) is 2. The summed E-state index contributed by atoms with van der Waals surface area (Å²) in [6, 6.07) is 0. The van der Waals surface area contributed by atoms with E-state index in [1.54, 1.807) is 0 Å². The number of rotatable bonds is 5. The van der Waals surface area contributed by atoms with Crippen LogP contribution in [0.5, 0.6) is 0 Å². The van der Waals surface area contributed by atoms with Crippen LogP contribution in [0.1, 0.15) is 113 Å². The molecule has 0 heterocycles. The molecule has 5 aliphatic rings. The average molecular weight is 557 g/mol. The van der Waals surface area contributed by atoms with Crippen molar-refractivity contribution < 1.29 is 29.0 Å². The van der Waals surface area contributed by atoms with E-state index in [0.29, 0.717) is 17.8 Å². The molecule has 5 aliphatic carbocycles. The molecule has 6 nitrogen and oxygen atoms in total. The van der Waals surface area contributed by atoms with Gasteiger partial charge < -0.3 is 14.6 Å².